The number of esters is 1. The Bertz CT molecular complexity index is 649. The number of hydrogen-bond acceptors (Lipinski definition) is 4. The van der Waals surface area contributed by atoms with Crippen LogP contribution in [-0.4, -0.2) is 13.1 Å². The number of carbonyl (C=O) groups is 1. The molecule has 5 heteroatoms. The second kappa shape index (κ2) is 5.35. The fraction of sp³-hybridized carbons (Fsp3) is 0.214. The van der Waals surface area contributed by atoms with Gasteiger partial charge in [0.1, 0.15) is 4.88 Å². The lowest BCUT2D eigenvalue weighted by atomic mass is 10.1. The van der Waals surface area contributed by atoms with E-state index < -0.39 is 0 Å². The first kappa shape index (κ1) is 14.1. The molecule has 1 heterocycles. The smallest absolute Gasteiger partial charge is 0.350 e. The minimum atomic E-state index is -0.384. The number of benzene rings is 1. The molecule has 100 valence electrons. The topological polar surface area (TPSA) is 52.3 Å². The molecule has 0 amide bonds. The van der Waals surface area contributed by atoms with Gasteiger partial charge < -0.3 is 10.5 Å². The summed E-state index contributed by atoms with van der Waals surface area (Å²) >= 11 is 4.85. The zero-order chi connectivity index (χ0) is 14.2. The number of anilines is 1. The molecule has 0 fully saturated rings. The van der Waals surface area contributed by atoms with Crippen LogP contribution in [0.5, 0.6) is 0 Å². The number of methoxy groups -OCH3 is 1. The van der Waals surface area contributed by atoms with E-state index in [2.05, 4.69) is 22.0 Å². The molecule has 0 radical (unpaired) electrons. The van der Waals surface area contributed by atoms with Crippen molar-refractivity contribution in [3.8, 4) is 10.4 Å². The zero-order valence-electron chi connectivity index (χ0n) is 10.9. The van der Waals surface area contributed by atoms with Gasteiger partial charge in [0.25, 0.3) is 0 Å². The van der Waals surface area contributed by atoms with Crippen LogP contribution >= 0.6 is 27.3 Å². The summed E-state index contributed by atoms with van der Waals surface area (Å²) in [6, 6.07) is 6.08. The monoisotopic (exact) mass is 339 g/mol. The van der Waals surface area contributed by atoms with Crippen LogP contribution in [0.4, 0.5) is 5.69 Å². The molecule has 0 unspecified atom stereocenters. The van der Waals surface area contributed by atoms with Crippen molar-refractivity contribution >= 4 is 38.9 Å². The maximum absolute atomic E-state index is 11.7. The van der Waals surface area contributed by atoms with Crippen LogP contribution in [0.1, 0.15) is 20.8 Å². The number of rotatable bonds is 2. The molecule has 0 atom stereocenters. The van der Waals surface area contributed by atoms with Gasteiger partial charge in [-0.15, -0.1) is 11.3 Å². The summed E-state index contributed by atoms with van der Waals surface area (Å²) in [6.07, 6.45) is 0. The number of aryl methyl sites for hydroxylation is 1. The summed E-state index contributed by atoms with van der Waals surface area (Å²) in [7, 11) is 1.36. The Morgan fingerprint density at radius 1 is 1.37 bits per heavy atom. The Hall–Kier alpha value is -1.33. The highest BCUT2D eigenvalue weighted by atomic mass is 79.9. The molecule has 0 bridgehead atoms. The first-order chi connectivity index (χ1) is 8.95. The summed E-state index contributed by atoms with van der Waals surface area (Å²) in [6.45, 7) is 3.95. The second-order valence-electron chi connectivity index (χ2n) is 4.25. The lowest BCUT2D eigenvalue weighted by Gasteiger charge is -2.03. The fourth-order valence-electron chi connectivity index (χ4n) is 1.83. The third kappa shape index (κ3) is 2.53. The van der Waals surface area contributed by atoms with Gasteiger partial charge in [-0.05, 0) is 42.7 Å². The standard InChI is InChI=1S/C14H14BrNO2S/c1-7-6-9(4-5-10(7)15)12-8(2)11(16)13(19-12)14(17)18-3/h4-6H,16H2,1-3H3. The van der Waals surface area contributed by atoms with Crippen LogP contribution in [0.25, 0.3) is 10.4 Å². The maximum Gasteiger partial charge on any atom is 0.350 e. The summed E-state index contributed by atoms with van der Waals surface area (Å²) in [5.74, 6) is -0.384. The third-order valence-corrected chi connectivity index (χ3v) is 5.21. The van der Waals surface area contributed by atoms with Gasteiger partial charge in [0.15, 0.2) is 0 Å². The molecule has 0 saturated carbocycles. The molecule has 0 aliphatic heterocycles. The van der Waals surface area contributed by atoms with E-state index in [-0.39, 0.29) is 5.97 Å². The molecule has 0 saturated heterocycles. The van der Waals surface area contributed by atoms with Crippen LogP contribution in [-0.2, 0) is 4.74 Å². The van der Waals surface area contributed by atoms with Crippen LogP contribution in [0.15, 0.2) is 22.7 Å². The molecular formula is C14H14BrNO2S. The van der Waals surface area contributed by atoms with E-state index in [9.17, 15) is 4.79 Å². The maximum atomic E-state index is 11.7. The molecule has 0 aliphatic carbocycles. The number of ether oxygens (including phenoxy) is 1. The van der Waals surface area contributed by atoms with Crippen LogP contribution < -0.4 is 5.73 Å². The lowest BCUT2D eigenvalue weighted by Crippen LogP contribution is -2.01. The Kier molecular flexibility index (Phi) is 3.96. The van der Waals surface area contributed by atoms with Crippen LogP contribution in [0.3, 0.4) is 0 Å². The van der Waals surface area contributed by atoms with Gasteiger partial charge in [-0.25, -0.2) is 4.79 Å². The Morgan fingerprint density at radius 3 is 2.63 bits per heavy atom. The highest BCUT2D eigenvalue weighted by molar-refractivity contribution is 9.10. The third-order valence-electron chi connectivity index (χ3n) is 2.98. The van der Waals surface area contributed by atoms with Gasteiger partial charge in [-0.2, -0.15) is 0 Å². The SMILES string of the molecule is COC(=O)c1sc(-c2ccc(Br)c(C)c2)c(C)c1N. The van der Waals surface area contributed by atoms with Gasteiger partial charge >= 0.3 is 5.97 Å². The van der Waals surface area contributed by atoms with Gasteiger partial charge in [-0.1, -0.05) is 22.0 Å². The molecule has 2 rings (SSSR count). The zero-order valence-corrected chi connectivity index (χ0v) is 13.3. The van der Waals surface area contributed by atoms with E-state index in [0.29, 0.717) is 10.6 Å². The average molecular weight is 340 g/mol. The number of thiophene rings is 1. The van der Waals surface area contributed by atoms with Crippen molar-refractivity contribution in [1.82, 2.24) is 0 Å². The van der Waals surface area contributed by atoms with Crippen LogP contribution in [0.2, 0.25) is 0 Å². The van der Waals surface area contributed by atoms with Crippen molar-refractivity contribution in [2.45, 2.75) is 13.8 Å². The van der Waals surface area contributed by atoms with Crippen molar-refractivity contribution in [3.05, 3.63) is 38.7 Å². The number of nitrogen functional groups attached to an aromatic ring is 1. The summed E-state index contributed by atoms with van der Waals surface area (Å²) < 4.78 is 5.81. The van der Waals surface area contributed by atoms with Crippen molar-refractivity contribution in [2.24, 2.45) is 0 Å². The molecule has 3 nitrogen and oxygen atoms in total. The molecule has 2 N–H and O–H groups in total. The predicted octanol–water partition coefficient (Wildman–Crippen LogP) is 4.16. The largest absolute Gasteiger partial charge is 0.465 e. The fourth-order valence-corrected chi connectivity index (χ4v) is 3.22. The molecule has 1 aromatic carbocycles. The highest BCUT2D eigenvalue weighted by Gasteiger charge is 2.20. The highest BCUT2D eigenvalue weighted by Crippen LogP contribution is 2.39. The average Bonchev–Trinajstić information content (AvgIpc) is 2.69. The second-order valence-corrected chi connectivity index (χ2v) is 6.13. The molecule has 1 aromatic heterocycles. The number of carbonyl (C=O) groups excluding carboxylic acids is 1. The van der Waals surface area contributed by atoms with Crippen molar-refractivity contribution in [1.29, 1.82) is 0 Å². The Labute approximate surface area is 124 Å². The summed E-state index contributed by atoms with van der Waals surface area (Å²) in [4.78, 5) is 13.1. The van der Waals surface area contributed by atoms with Crippen molar-refractivity contribution in [3.63, 3.8) is 0 Å². The van der Waals surface area contributed by atoms with Crippen LogP contribution in [0, 0.1) is 13.8 Å². The molecule has 19 heavy (non-hydrogen) atoms. The van der Waals surface area contributed by atoms with Crippen molar-refractivity contribution < 1.29 is 9.53 Å². The van der Waals surface area contributed by atoms with E-state index in [1.807, 2.05) is 26.0 Å². The minimum Gasteiger partial charge on any atom is -0.465 e. The first-order valence-corrected chi connectivity index (χ1v) is 7.30. The van der Waals surface area contributed by atoms with Gasteiger partial charge in [-0.3, -0.25) is 0 Å². The summed E-state index contributed by atoms with van der Waals surface area (Å²) in [5.41, 5.74) is 9.62. The van der Waals surface area contributed by atoms with E-state index in [1.54, 1.807) is 0 Å². The number of halogens is 1. The number of nitrogens with two attached hydrogens (primary N) is 1. The Morgan fingerprint density at radius 2 is 2.05 bits per heavy atom. The van der Waals surface area contributed by atoms with E-state index >= 15 is 0 Å². The lowest BCUT2D eigenvalue weighted by molar-refractivity contribution is 0.0607. The van der Waals surface area contributed by atoms with Gasteiger partial charge in [0.05, 0.1) is 12.8 Å². The van der Waals surface area contributed by atoms with E-state index in [0.717, 1.165) is 26.0 Å². The Balaban J connectivity index is 2.57. The minimum absolute atomic E-state index is 0.384. The normalized spacial score (nSPS) is 10.5. The first-order valence-electron chi connectivity index (χ1n) is 5.69. The summed E-state index contributed by atoms with van der Waals surface area (Å²) in [5, 5.41) is 0. The molecular weight excluding hydrogens is 326 g/mol. The number of hydrogen-bond donors (Lipinski definition) is 1. The van der Waals surface area contributed by atoms with Gasteiger partial charge in [0.2, 0.25) is 0 Å². The molecule has 0 spiro atoms. The van der Waals surface area contributed by atoms with E-state index in [1.165, 1.54) is 18.4 Å². The van der Waals surface area contributed by atoms with E-state index in [4.69, 9.17) is 10.5 Å². The quantitative estimate of drug-likeness (QED) is 0.835. The molecule has 0 aliphatic rings. The van der Waals surface area contributed by atoms with Gasteiger partial charge in [0, 0.05) is 9.35 Å². The molecule has 2 aromatic rings. The predicted molar refractivity (Wildman–Crippen MR) is 82.7 cm³/mol. The van der Waals surface area contributed by atoms with Crippen molar-refractivity contribution in [2.75, 3.05) is 12.8 Å².